The average molecular weight is 264 g/mol. The molecule has 0 heterocycles. The van der Waals surface area contributed by atoms with Gasteiger partial charge < -0.3 is 0 Å². The summed E-state index contributed by atoms with van der Waals surface area (Å²) in [5.41, 5.74) is 3.03. The molecule has 0 fully saturated rings. The highest BCUT2D eigenvalue weighted by Gasteiger charge is 2.31. The maximum atomic E-state index is 12.7. The molecule has 1 aliphatic rings. The summed E-state index contributed by atoms with van der Waals surface area (Å²) in [6.45, 7) is 3.75. The maximum Gasteiger partial charge on any atom is 0.170 e. The van der Waals surface area contributed by atoms with E-state index >= 15 is 0 Å². The molecule has 2 atom stereocenters. The van der Waals surface area contributed by atoms with Gasteiger partial charge in [-0.3, -0.25) is 9.59 Å². The zero-order valence-electron chi connectivity index (χ0n) is 11.6. The first-order valence-electron chi connectivity index (χ1n) is 6.87. The summed E-state index contributed by atoms with van der Waals surface area (Å²) in [6, 6.07) is 14.9. The molecule has 2 heteroatoms. The van der Waals surface area contributed by atoms with E-state index in [0.717, 1.165) is 11.1 Å². The summed E-state index contributed by atoms with van der Waals surface area (Å²) in [5, 5.41) is 0. The summed E-state index contributed by atoms with van der Waals surface area (Å²) in [6.07, 6.45) is 0. The normalized spacial score (nSPS) is 21.7. The monoisotopic (exact) mass is 264 g/mol. The van der Waals surface area contributed by atoms with Crippen molar-refractivity contribution in [3.05, 3.63) is 70.8 Å². The molecule has 0 unspecified atom stereocenters. The quantitative estimate of drug-likeness (QED) is 0.721. The second-order valence-electron chi connectivity index (χ2n) is 5.35. The van der Waals surface area contributed by atoms with Crippen LogP contribution in [0.3, 0.4) is 0 Å². The molecule has 0 amide bonds. The lowest BCUT2D eigenvalue weighted by atomic mass is 9.78. The number of ketones is 2. The fraction of sp³-hybridized carbons (Fsp3) is 0.222. The molecule has 0 N–H and O–H groups in total. The molecule has 0 bridgehead atoms. The van der Waals surface area contributed by atoms with Crippen molar-refractivity contribution in [2.24, 2.45) is 0 Å². The largest absolute Gasteiger partial charge is 0.293 e. The molecule has 0 spiro atoms. The standard InChI is InChI=1S/C18H16O2/c1-11-13-7-3-5-9-15(13)18(20)12(2)14-8-4-6-10-16(14)17(11)19/h3-12H,1-2H3/t11-,12-/m0/s1. The first-order valence-corrected chi connectivity index (χ1v) is 6.87. The molecule has 0 saturated carbocycles. The van der Waals surface area contributed by atoms with Gasteiger partial charge in [0.1, 0.15) is 0 Å². The van der Waals surface area contributed by atoms with Crippen LogP contribution >= 0.6 is 0 Å². The van der Waals surface area contributed by atoms with Gasteiger partial charge in [0.2, 0.25) is 0 Å². The van der Waals surface area contributed by atoms with Crippen LogP contribution in [0.15, 0.2) is 48.5 Å². The molecule has 2 aromatic rings. The van der Waals surface area contributed by atoms with Crippen molar-refractivity contribution in [2.75, 3.05) is 0 Å². The van der Waals surface area contributed by atoms with Crippen LogP contribution in [-0.2, 0) is 0 Å². The maximum absolute atomic E-state index is 12.7. The molecule has 0 radical (unpaired) electrons. The van der Waals surface area contributed by atoms with Gasteiger partial charge in [0.15, 0.2) is 11.6 Å². The highest BCUT2D eigenvalue weighted by atomic mass is 16.1. The zero-order valence-corrected chi connectivity index (χ0v) is 11.6. The van der Waals surface area contributed by atoms with Gasteiger partial charge in [-0.1, -0.05) is 62.4 Å². The number of Topliss-reactive ketones (excluding diaryl/α,β-unsaturated/α-hetero) is 2. The first-order chi connectivity index (χ1) is 9.61. The van der Waals surface area contributed by atoms with E-state index < -0.39 is 0 Å². The first kappa shape index (κ1) is 12.8. The second kappa shape index (κ2) is 4.71. The van der Waals surface area contributed by atoms with E-state index in [1.807, 2.05) is 62.4 Å². The minimum absolute atomic E-state index is 0.0902. The van der Waals surface area contributed by atoms with Crippen LogP contribution in [0.25, 0.3) is 0 Å². The number of fused-ring (bicyclic) bond motifs is 2. The molecule has 3 rings (SSSR count). The summed E-state index contributed by atoms with van der Waals surface area (Å²) >= 11 is 0. The van der Waals surface area contributed by atoms with Crippen LogP contribution in [0.4, 0.5) is 0 Å². The summed E-state index contributed by atoms with van der Waals surface area (Å²) in [4.78, 5) is 25.4. The van der Waals surface area contributed by atoms with Crippen molar-refractivity contribution in [1.82, 2.24) is 0 Å². The summed E-state index contributed by atoms with van der Waals surface area (Å²) in [7, 11) is 0. The summed E-state index contributed by atoms with van der Waals surface area (Å²) < 4.78 is 0. The Morgan fingerprint density at radius 3 is 1.40 bits per heavy atom. The SMILES string of the molecule is C[C@@H]1C(=O)c2ccccc2[C@H](C)C(=O)c2ccccc21. The van der Waals surface area contributed by atoms with Gasteiger partial charge in [-0.25, -0.2) is 0 Å². The average Bonchev–Trinajstić information content (AvgIpc) is 2.51. The van der Waals surface area contributed by atoms with E-state index in [1.165, 1.54) is 0 Å². The lowest BCUT2D eigenvalue weighted by Gasteiger charge is -2.24. The van der Waals surface area contributed by atoms with E-state index in [4.69, 9.17) is 0 Å². The molecule has 1 aliphatic carbocycles. The van der Waals surface area contributed by atoms with Crippen LogP contribution in [0, 0.1) is 0 Å². The van der Waals surface area contributed by atoms with Crippen molar-refractivity contribution in [3.63, 3.8) is 0 Å². The zero-order chi connectivity index (χ0) is 14.3. The topological polar surface area (TPSA) is 34.1 Å². The van der Waals surface area contributed by atoms with Gasteiger partial charge >= 0.3 is 0 Å². The number of carbonyl (C=O) groups is 2. The molecular weight excluding hydrogens is 248 g/mol. The Balaban J connectivity index is 2.28. The summed E-state index contributed by atoms with van der Waals surface area (Å²) in [5.74, 6) is -0.396. The Kier molecular flexibility index (Phi) is 3.01. The number of benzene rings is 2. The van der Waals surface area contributed by atoms with Gasteiger partial charge in [-0.15, -0.1) is 0 Å². The Morgan fingerprint density at radius 2 is 1.00 bits per heavy atom. The van der Waals surface area contributed by atoms with Crippen molar-refractivity contribution < 1.29 is 9.59 Å². The molecule has 20 heavy (non-hydrogen) atoms. The second-order valence-corrected chi connectivity index (χ2v) is 5.35. The van der Waals surface area contributed by atoms with Gasteiger partial charge in [0.25, 0.3) is 0 Å². The molecule has 0 saturated heterocycles. The highest BCUT2D eigenvalue weighted by Crippen LogP contribution is 2.34. The van der Waals surface area contributed by atoms with Gasteiger partial charge in [-0.2, -0.15) is 0 Å². The Bertz CT molecular complexity index is 639. The van der Waals surface area contributed by atoms with Gasteiger partial charge in [0, 0.05) is 23.0 Å². The Labute approximate surface area is 118 Å². The lowest BCUT2D eigenvalue weighted by Crippen LogP contribution is -2.23. The molecule has 0 aliphatic heterocycles. The van der Waals surface area contributed by atoms with Crippen molar-refractivity contribution in [1.29, 1.82) is 0 Å². The third kappa shape index (κ3) is 1.80. The molecule has 2 nitrogen and oxygen atoms in total. The fourth-order valence-corrected chi connectivity index (χ4v) is 2.95. The van der Waals surface area contributed by atoms with Crippen LogP contribution in [-0.4, -0.2) is 11.6 Å². The van der Waals surface area contributed by atoms with E-state index in [9.17, 15) is 9.59 Å². The van der Waals surface area contributed by atoms with Crippen LogP contribution < -0.4 is 0 Å². The predicted molar refractivity (Wildman–Crippen MR) is 78.4 cm³/mol. The highest BCUT2D eigenvalue weighted by molar-refractivity contribution is 6.10. The minimum Gasteiger partial charge on any atom is -0.293 e. The number of carbonyl (C=O) groups excluding carboxylic acids is 2. The van der Waals surface area contributed by atoms with Crippen LogP contribution in [0.1, 0.15) is 57.5 Å². The smallest absolute Gasteiger partial charge is 0.170 e. The van der Waals surface area contributed by atoms with E-state index in [-0.39, 0.29) is 23.4 Å². The third-order valence-electron chi connectivity index (χ3n) is 4.17. The van der Waals surface area contributed by atoms with Crippen LogP contribution in [0.2, 0.25) is 0 Å². The third-order valence-corrected chi connectivity index (χ3v) is 4.17. The van der Waals surface area contributed by atoms with Gasteiger partial charge in [-0.05, 0) is 11.1 Å². The Morgan fingerprint density at radius 1 is 0.650 bits per heavy atom. The van der Waals surface area contributed by atoms with E-state index in [2.05, 4.69) is 0 Å². The van der Waals surface area contributed by atoms with Gasteiger partial charge in [0.05, 0.1) is 0 Å². The number of hydrogen-bond acceptors (Lipinski definition) is 2. The van der Waals surface area contributed by atoms with E-state index in [0.29, 0.717) is 11.1 Å². The lowest BCUT2D eigenvalue weighted by molar-refractivity contribution is 0.0943. The molecule has 100 valence electrons. The number of rotatable bonds is 0. The fourth-order valence-electron chi connectivity index (χ4n) is 2.95. The number of hydrogen-bond donors (Lipinski definition) is 0. The van der Waals surface area contributed by atoms with Crippen molar-refractivity contribution in [2.45, 2.75) is 25.7 Å². The van der Waals surface area contributed by atoms with Crippen LogP contribution in [0.5, 0.6) is 0 Å². The molecular formula is C18H16O2. The predicted octanol–water partition coefficient (Wildman–Crippen LogP) is 3.97. The minimum atomic E-state index is -0.288. The van der Waals surface area contributed by atoms with E-state index in [1.54, 1.807) is 0 Å². The van der Waals surface area contributed by atoms with Crippen molar-refractivity contribution in [3.8, 4) is 0 Å². The Hall–Kier alpha value is -2.22. The van der Waals surface area contributed by atoms with Crippen molar-refractivity contribution >= 4 is 11.6 Å². The molecule has 2 aromatic carbocycles. The molecule has 0 aromatic heterocycles.